The summed E-state index contributed by atoms with van der Waals surface area (Å²) in [5.74, 6) is 0. The molecule has 0 heterocycles. The van der Waals surface area contributed by atoms with Gasteiger partial charge in [0.2, 0.25) is 0 Å². The molecule has 0 saturated carbocycles. The van der Waals surface area contributed by atoms with Gasteiger partial charge in [-0.2, -0.15) is 0 Å². The molecule has 0 aliphatic heterocycles. The smallest absolute Gasteiger partial charge is 0.0854 e. The van der Waals surface area contributed by atoms with Crippen molar-refractivity contribution in [1.82, 2.24) is 0 Å². The molecule has 2 aromatic rings. The average Bonchev–Trinajstić information content (AvgIpc) is 2.46. The van der Waals surface area contributed by atoms with Gasteiger partial charge in [0.05, 0.1) is 12.1 Å². The van der Waals surface area contributed by atoms with Crippen LogP contribution in [-0.4, -0.2) is 11.7 Å². The molecule has 0 aliphatic rings. The SMILES string of the molecule is CCC(CO)(Nc1cccc(Cl)c1)c1ccc(Br)cc1. The van der Waals surface area contributed by atoms with E-state index >= 15 is 0 Å². The minimum atomic E-state index is -0.509. The Hall–Kier alpha value is -1.03. The van der Waals surface area contributed by atoms with Crippen molar-refractivity contribution in [3.63, 3.8) is 0 Å². The monoisotopic (exact) mass is 353 g/mol. The summed E-state index contributed by atoms with van der Waals surface area (Å²) < 4.78 is 1.02. The highest BCUT2D eigenvalue weighted by molar-refractivity contribution is 9.10. The topological polar surface area (TPSA) is 32.3 Å². The molecule has 0 radical (unpaired) electrons. The molecule has 2 rings (SSSR count). The quantitative estimate of drug-likeness (QED) is 0.807. The van der Waals surface area contributed by atoms with E-state index in [0.717, 1.165) is 22.1 Å². The normalized spacial score (nSPS) is 13.8. The molecule has 0 amide bonds. The third-order valence-electron chi connectivity index (χ3n) is 3.48. The van der Waals surface area contributed by atoms with Gasteiger partial charge in [0, 0.05) is 15.2 Å². The Kier molecular flexibility index (Phi) is 5.08. The number of anilines is 1. The van der Waals surface area contributed by atoms with Crippen molar-refractivity contribution in [1.29, 1.82) is 0 Å². The van der Waals surface area contributed by atoms with Crippen molar-refractivity contribution in [2.24, 2.45) is 0 Å². The molecule has 20 heavy (non-hydrogen) atoms. The first-order chi connectivity index (χ1) is 9.59. The molecular weight excluding hydrogens is 338 g/mol. The van der Waals surface area contributed by atoms with Gasteiger partial charge in [0.1, 0.15) is 0 Å². The number of benzene rings is 2. The Morgan fingerprint density at radius 1 is 1.20 bits per heavy atom. The predicted octanol–water partition coefficient (Wildman–Crippen LogP) is 4.81. The van der Waals surface area contributed by atoms with Gasteiger partial charge in [0.15, 0.2) is 0 Å². The van der Waals surface area contributed by atoms with E-state index in [1.54, 1.807) is 0 Å². The van der Waals surface area contributed by atoms with Crippen LogP contribution in [0.4, 0.5) is 5.69 Å². The van der Waals surface area contributed by atoms with Crippen LogP contribution >= 0.6 is 27.5 Å². The van der Waals surface area contributed by atoms with Crippen LogP contribution in [0.2, 0.25) is 5.02 Å². The first kappa shape index (κ1) is 15.4. The van der Waals surface area contributed by atoms with E-state index in [4.69, 9.17) is 11.6 Å². The van der Waals surface area contributed by atoms with Gasteiger partial charge in [-0.25, -0.2) is 0 Å². The maximum atomic E-state index is 9.92. The third kappa shape index (κ3) is 3.35. The lowest BCUT2D eigenvalue weighted by atomic mass is 9.87. The molecule has 1 unspecified atom stereocenters. The van der Waals surface area contributed by atoms with Crippen LogP contribution in [0.3, 0.4) is 0 Å². The standard InChI is InChI=1S/C16H17BrClNO/c1-2-16(11-20,12-6-8-13(17)9-7-12)19-15-5-3-4-14(18)10-15/h3-10,19-20H,2,11H2,1H3. The molecule has 2 nitrogen and oxygen atoms in total. The summed E-state index contributed by atoms with van der Waals surface area (Å²) in [6, 6.07) is 15.5. The fourth-order valence-electron chi connectivity index (χ4n) is 2.22. The number of rotatable bonds is 5. The summed E-state index contributed by atoms with van der Waals surface area (Å²) in [7, 11) is 0. The highest BCUT2D eigenvalue weighted by atomic mass is 79.9. The van der Waals surface area contributed by atoms with E-state index in [2.05, 4.69) is 28.2 Å². The van der Waals surface area contributed by atoms with Crippen molar-refractivity contribution in [2.75, 3.05) is 11.9 Å². The summed E-state index contributed by atoms with van der Waals surface area (Å²) in [6.45, 7) is 2.06. The van der Waals surface area contributed by atoms with E-state index in [9.17, 15) is 5.11 Å². The number of hydrogen-bond acceptors (Lipinski definition) is 2. The fraction of sp³-hybridized carbons (Fsp3) is 0.250. The van der Waals surface area contributed by atoms with Crippen LogP contribution in [0.25, 0.3) is 0 Å². The van der Waals surface area contributed by atoms with Crippen molar-refractivity contribution in [3.8, 4) is 0 Å². The van der Waals surface area contributed by atoms with Crippen LogP contribution < -0.4 is 5.32 Å². The zero-order valence-electron chi connectivity index (χ0n) is 11.2. The molecule has 0 saturated heterocycles. The van der Waals surface area contributed by atoms with Crippen molar-refractivity contribution < 1.29 is 5.11 Å². The Balaban J connectivity index is 2.36. The molecular formula is C16H17BrClNO. The third-order valence-corrected chi connectivity index (χ3v) is 4.24. The van der Waals surface area contributed by atoms with Gasteiger partial charge in [0.25, 0.3) is 0 Å². The van der Waals surface area contributed by atoms with Gasteiger partial charge < -0.3 is 10.4 Å². The van der Waals surface area contributed by atoms with E-state index in [-0.39, 0.29) is 6.61 Å². The summed E-state index contributed by atoms with van der Waals surface area (Å²) in [5.41, 5.74) is 1.44. The summed E-state index contributed by atoms with van der Waals surface area (Å²) in [6.07, 6.45) is 0.762. The first-order valence-electron chi connectivity index (χ1n) is 6.50. The van der Waals surface area contributed by atoms with Crippen LogP contribution in [0.15, 0.2) is 53.0 Å². The summed E-state index contributed by atoms with van der Waals surface area (Å²) in [4.78, 5) is 0. The summed E-state index contributed by atoms with van der Waals surface area (Å²) in [5, 5.41) is 14.0. The highest BCUT2D eigenvalue weighted by Gasteiger charge is 2.29. The second-order valence-corrected chi connectivity index (χ2v) is 6.09. The van der Waals surface area contributed by atoms with Crippen molar-refractivity contribution in [2.45, 2.75) is 18.9 Å². The minimum Gasteiger partial charge on any atom is -0.394 e. The molecule has 0 fully saturated rings. The molecule has 0 aromatic heterocycles. The second kappa shape index (κ2) is 6.61. The summed E-state index contributed by atoms with van der Waals surface area (Å²) >= 11 is 9.45. The van der Waals surface area contributed by atoms with E-state index in [0.29, 0.717) is 5.02 Å². The Morgan fingerprint density at radius 3 is 2.45 bits per heavy atom. The zero-order valence-corrected chi connectivity index (χ0v) is 13.6. The largest absolute Gasteiger partial charge is 0.394 e. The van der Waals surface area contributed by atoms with E-state index in [1.807, 2.05) is 48.5 Å². The molecule has 106 valence electrons. The molecule has 0 bridgehead atoms. The lowest BCUT2D eigenvalue weighted by Crippen LogP contribution is -2.38. The maximum Gasteiger partial charge on any atom is 0.0854 e. The maximum absolute atomic E-state index is 9.92. The Bertz CT molecular complexity index is 567. The number of aliphatic hydroxyl groups excluding tert-OH is 1. The van der Waals surface area contributed by atoms with Gasteiger partial charge in [-0.3, -0.25) is 0 Å². The predicted molar refractivity (Wildman–Crippen MR) is 88.3 cm³/mol. The van der Waals surface area contributed by atoms with Crippen LogP contribution in [-0.2, 0) is 5.54 Å². The number of aliphatic hydroxyl groups is 1. The number of hydrogen-bond donors (Lipinski definition) is 2. The number of nitrogens with one attached hydrogen (secondary N) is 1. The molecule has 0 aliphatic carbocycles. The van der Waals surface area contributed by atoms with Crippen LogP contribution in [0.1, 0.15) is 18.9 Å². The van der Waals surface area contributed by atoms with E-state index in [1.165, 1.54) is 0 Å². The number of halogens is 2. The van der Waals surface area contributed by atoms with Gasteiger partial charge in [-0.05, 0) is 42.3 Å². The average molecular weight is 355 g/mol. The zero-order chi connectivity index (χ0) is 14.6. The van der Waals surface area contributed by atoms with Gasteiger partial charge in [-0.15, -0.1) is 0 Å². The second-order valence-electron chi connectivity index (χ2n) is 4.74. The van der Waals surface area contributed by atoms with Crippen molar-refractivity contribution >= 4 is 33.2 Å². The molecule has 2 N–H and O–H groups in total. The van der Waals surface area contributed by atoms with Crippen LogP contribution in [0.5, 0.6) is 0 Å². The van der Waals surface area contributed by atoms with Crippen LogP contribution in [0, 0.1) is 0 Å². The minimum absolute atomic E-state index is 0.0116. The lowest BCUT2D eigenvalue weighted by Gasteiger charge is -2.34. The Morgan fingerprint density at radius 2 is 1.90 bits per heavy atom. The Labute approximate surface area is 132 Å². The van der Waals surface area contributed by atoms with Crippen molar-refractivity contribution in [3.05, 3.63) is 63.6 Å². The molecule has 1 atom stereocenters. The van der Waals surface area contributed by atoms with E-state index < -0.39 is 5.54 Å². The highest BCUT2D eigenvalue weighted by Crippen LogP contribution is 2.31. The lowest BCUT2D eigenvalue weighted by molar-refractivity contribution is 0.207. The fourth-order valence-corrected chi connectivity index (χ4v) is 2.67. The molecule has 0 spiro atoms. The van der Waals surface area contributed by atoms with Gasteiger partial charge in [-0.1, -0.05) is 52.7 Å². The first-order valence-corrected chi connectivity index (χ1v) is 7.67. The molecule has 4 heteroatoms. The molecule has 2 aromatic carbocycles. The van der Waals surface area contributed by atoms with Gasteiger partial charge >= 0.3 is 0 Å².